The molecule has 42 heavy (non-hydrogen) atoms. The Morgan fingerprint density at radius 3 is 2.14 bits per heavy atom. The van der Waals surface area contributed by atoms with Crippen LogP contribution in [0.4, 0.5) is 17.6 Å². The fraction of sp³-hybridized carbons (Fsp3) is 0.514. The van der Waals surface area contributed by atoms with Gasteiger partial charge in [-0.1, -0.05) is 87.1 Å². The fourth-order valence-corrected chi connectivity index (χ4v) is 6.33. The zero-order valence-corrected chi connectivity index (χ0v) is 25.5. The van der Waals surface area contributed by atoms with Gasteiger partial charge in [0, 0.05) is 0 Å². The van der Waals surface area contributed by atoms with Crippen molar-refractivity contribution in [1.82, 2.24) is 0 Å². The Bertz CT molecular complexity index is 1260. The quantitative estimate of drug-likeness (QED) is 0.136. The topological polar surface area (TPSA) is 9.23 Å². The molecule has 1 nitrogen and oxygen atoms in total. The molecule has 0 atom stereocenters. The molecule has 0 heterocycles. The summed E-state index contributed by atoms with van der Waals surface area (Å²) < 4.78 is 64.4. The number of halogens is 4. The lowest BCUT2D eigenvalue weighted by Gasteiger charge is -2.29. The Morgan fingerprint density at radius 1 is 0.786 bits per heavy atom. The molecule has 0 radical (unpaired) electrons. The van der Waals surface area contributed by atoms with Crippen molar-refractivity contribution >= 4 is 0 Å². The van der Waals surface area contributed by atoms with Crippen LogP contribution in [0.3, 0.4) is 0 Å². The van der Waals surface area contributed by atoms with E-state index in [2.05, 4.69) is 6.92 Å². The van der Waals surface area contributed by atoms with Crippen LogP contribution in [0.25, 0.3) is 0 Å². The lowest BCUT2D eigenvalue weighted by atomic mass is 9.77. The molecule has 228 valence electrons. The van der Waals surface area contributed by atoms with Gasteiger partial charge in [0.05, 0.1) is 6.42 Å². The number of hydrogen-bond donors (Lipinski definition) is 0. The third-order valence-corrected chi connectivity index (χ3v) is 9.01. The maximum absolute atomic E-state index is 15.0. The van der Waals surface area contributed by atoms with E-state index in [1.807, 2.05) is 43.3 Å². The molecule has 0 aromatic heterocycles. The van der Waals surface area contributed by atoms with Crippen molar-refractivity contribution in [1.29, 1.82) is 0 Å². The van der Waals surface area contributed by atoms with E-state index in [1.54, 1.807) is 19.1 Å². The highest BCUT2D eigenvalue weighted by Gasteiger charge is 2.32. The van der Waals surface area contributed by atoms with Gasteiger partial charge in [-0.3, -0.25) is 0 Å². The van der Waals surface area contributed by atoms with Gasteiger partial charge in [0.25, 0.3) is 0 Å². The van der Waals surface area contributed by atoms with Crippen molar-refractivity contribution in [2.75, 3.05) is 0 Å². The molecule has 0 saturated heterocycles. The highest BCUT2D eigenvalue weighted by Crippen LogP contribution is 2.38. The first-order valence-electron chi connectivity index (χ1n) is 15.8. The largest absolute Gasteiger partial charge is 0.433 e. The molecule has 4 rings (SSSR count). The highest BCUT2D eigenvalue weighted by atomic mass is 19.3. The summed E-state index contributed by atoms with van der Waals surface area (Å²) in [6.45, 7) is 5.93. The Balaban J connectivity index is 1.27. The molecule has 0 amide bonds. The minimum absolute atomic E-state index is 0.0522. The summed E-state index contributed by atoms with van der Waals surface area (Å²) in [7, 11) is 0. The minimum Gasteiger partial charge on any atom is -0.433 e. The highest BCUT2D eigenvalue weighted by molar-refractivity contribution is 5.35. The van der Waals surface area contributed by atoms with Crippen LogP contribution in [-0.2, 0) is 19.3 Å². The second-order valence-electron chi connectivity index (χ2n) is 12.3. The van der Waals surface area contributed by atoms with E-state index in [-0.39, 0.29) is 17.7 Å². The Kier molecular flexibility index (Phi) is 11.5. The van der Waals surface area contributed by atoms with Crippen LogP contribution < -0.4 is 4.74 Å². The monoisotopic (exact) mass is 582 g/mol. The maximum Gasteiger partial charge on any atom is 0.398 e. The first kappa shape index (κ1) is 32.1. The molecule has 0 spiro atoms. The maximum atomic E-state index is 15.0. The average molecular weight is 583 g/mol. The molecule has 0 N–H and O–H groups in total. The second-order valence-corrected chi connectivity index (χ2v) is 12.3. The van der Waals surface area contributed by atoms with E-state index in [4.69, 9.17) is 4.74 Å². The van der Waals surface area contributed by atoms with E-state index in [9.17, 15) is 17.6 Å². The first-order chi connectivity index (χ1) is 20.1. The van der Waals surface area contributed by atoms with Crippen LogP contribution in [0.1, 0.15) is 110 Å². The van der Waals surface area contributed by atoms with E-state index in [0.29, 0.717) is 29.9 Å². The Morgan fingerprint density at radius 2 is 1.48 bits per heavy atom. The van der Waals surface area contributed by atoms with Crippen molar-refractivity contribution in [3.05, 3.63) is 99.6 Å². The van der Waals surface area contributed by atoms with Gasteiger partial charge in [-0.05, 0) is 111 Å². The summed E-state index contributed by atoms with van der Waals surface area (Å²) in [5.41, 5.74) is 4.15. The summed E-state index contributed by atoms with van der Waals surface area (Å²) in [5.74, 6) is -0.621. The Labute approximate surface area is 249 Å². The van der Waals surface area contributed by atoms with E-state index in [0.717, 1.165) is 29.9 Å². The van der Waals surface area contributed by atoms with Crippen molar-refractivity contribution < 1.29 is 22.3 Å². The molecule has 3 aromatic carbocycles. The summed E-state index contributed by atoms with van der Waals surface area (Å²) in [6.07, 6.45) is 7.65. The molecule has 0 aliphatic heterocycles. The SMILES string of the molecule is CCCCCCC1CCC(c2ccc(OC(F)(F)CCc3cc(C)c(CCc4ccc(C)cc4)c(F)c3F)cc2)CC1. The van der Waals surface area contributed by atoms with Gasteiger partial charge in [-0.25, -0.2) is 8.78 Å². The zero-order valence-electron chi connectivity index (χ0n) is 25.5. The zero-order chi connectivity index (χ0) is 30.1. The van der Waals surface area contributed by atoms with Crippen LogP contribution >= 0.6 is 0 Å². The van der Waals surface area contributed by atoms with Gasteiger partial charge in [0.15, 0.2) is 11.6 Å². The number of alkyl halides is 2. The molecule has 5 heteroatoms. The molecule has 3 aromatic rings. The van der Waals surface area contributed by atoms with Gasteiger partial charge in [-0.15, -0.1) is 0 Å². The normalized spacial score (nSPS) is 17.4. The number of ether oxygens (including phenoxy) is 1. The number of rotatable bonds is 14. The van der Waals surface area contributed by atoms with Crippen molar-refractivity contribution in [2.45, 2.75) is 116 Å². The minimum atomic E-state index is -3.50. The average Bonchev–Trinajstić information content (AvgIpc) is 2.98. The van der Waals surface area contributed by atoms with Crippen molar-refractivity contribution in [3.8, 4) is 5.75 Å². The van der Waals surface area contributed by atoms with Crippen molar-refractivity contribution in [2.24, 2.45) is 5.92 Å². The second kappa shape index (κ2) is 15.1. The lowest BCUT2D eigenvalue weighted by molar-refractivity contribution is -0.180. The Hall–Kier alpha value is -2.82. The standard InChI is InChI=1S/C37H46F4O/c1-4-5-6-7-8-28-13-16-30(17-14-28)31-18-20-33(21-19-31)42-37(40,41)24-23-32-25-27(3)34(36(39)35(32)38)22-15-29-11-9-26(2)10-12-29/h9-12,18-21,25,28,30H,4-8,13-17,22-24H2,1-3H3. The number of hydrogen-bond acceptors (Lipinski definition) is 1. The lowest BCUT2D eigenvalue weighted by Crippen LogP contribution is -2.25. The molecular weight excluding hydrogens is 536 g/mol. The molecule has 1 fully saturated rings. The van der Waals surface area contributed by atoms with Crippen LogP contribution in [0.5, 0.6) is 5.75 Å². The fourth-order valence-electron chi connectivity index (χ4n) is 6.33. The van der Waals surface area contributed by atoms with Crippen LogP contribution in [0, 0.1) is 31.4 Å². The molecule has 1 saturated carbocycles. The summed E-state index contributed by atoms with van der Waals surface area (Å²) in [5, 5.41) is 0. The third kappa shape index (κ3) is 9.09. The summed E-state index contributed by atoms with van der Waals surface area (Å²) in [6, 6.07) is 16.4. The number of aryl methyl sites for hydroxylation is 4. The van der Waals surface area contributed by atoms with E-state index in [1.165, 1.54) is 56.6 Å². The van der Waals surface area contributed by atoms with Gasteiger partial charge < -0.3 is 4.74 Å². The van der Waals surface area contributed by atoms with Crippen LogP contribution in [0.2, 0.25) is 0 Å². The van der Waals surface area contributed by atoms with Crippen molar-refractivity contribution in [3.63, 3.8) is 0 Å². The van der Waals surface area contributed by atoms with Gasteiger partial charge in [0.2, 0.25) is 0 Å². The molecule has 1 aliphatic rings. The van der Waals surface area contributed by atoms with Gasteiger partial charge in [-0.2, -0.15) is 8.78 Å². The molecule has 0 bridgehead atoms. The number of unbranched alkanes of at least 4 members (excludes halogenated alkanes) is 3. The molecule has 1 aliphatic carbocycles. The van der Waals surface area contributed by atoms with Gasteiger partial charge in [0.1, 0.15) is 5.75 Å². The van der Waals surface area contributed by atoms with E-state index >= 15 is 0 Å². The molecular formula is C37H46F4O. The summed E-state index contributed by atoms with van der Waals surface area (Å²) >= 11 is 0. The van der Waals surface area contributed by atoms with E-state index < -0.39 is 24.2 Å². The van der Waals surface area contributed by atoms with Crippen LogP contribution in [-0.4, -0.2) is 6.11 Å². The first-order valence-corrected chi connectivity index (χ1v) is 15.8. The predicted molar refractivity (Wildman–Crippen MR) is 163 cm³/mol. The third-order valence-electron chi connectivity index (χ3n) is 9.01. The molecule has 0 unspecified atom stereocenters. The number of benzene rings is 3. The van der Waals surface area contributed by atoms with Gasteiger partial charge >= 0.3 is 6.11 Å². The summed E-state index contributed by atoms with van der Waals surface area (Å²) in [4.78, 5) is 0. The smallest absolute Gasteiger partial charge is 0.398 e. The predicted octanol–water partition coefficient (Wildman–Crippen LogP) is 11.2. The van der Waals surface area contributed by atoms with Crippen LogP contribution in [0.15, 0.2) is 54.6 Å².